The largest absolute Gasteiger partial charge is 0.396 e. The van der Waals surface area contributed by atoms with Crippen LogP contribution in [0.2, 0.25) is 0 Å². The van der Waals surface area contributed by atoms with Crippen LogP contribution >= 0.6 is 0 Å². The van der Waals surface area contributed by atoms with Crippen LogP contribution in [0.15, 0.2) is 30.3 Å². The Morgan fingerprint density at radius 1 is 1.00 bits per heavy atom. The van der Waals surface area contributed by atoms with Gasteiger partial charge in [-0.1, -0.05) is 31.0 Å². The molecule has 0 radical (unpaired) electrons. The molecular weight excluding hydrogens is 248 g/mol. The van der Waals surface area contributed by atoms with E-state index < -0.39 is 0 Å². The van der Waals surface area contributed by atoms with Crippen LogP contribution in [0.5, 0.6) is 0 Å². The first-order valence-electron chi connectivity index (χ1n) is 8.04. The van der Waals surface area contributed by atoms with Crippen molar-refractivity contribution in [3.8, 4) is 0 Å². The second-order valence-electron chi connectivity index (χ2n) is 5.69. The molecule has 0 bridgehead atoms. The Bertz CT molecular complexity index is 347. The molecule has 2 N–H and O–H groups in total. The van der Waals surface area contributed by atoms with Crippen molar-refractivity contribution in [3.63, 3.8) is 0 Å². The molecule has 1 aromatic carbocycles. The minimum atomic E-state index is 0.339. The van der Waals surface area contributed by atoms with Crippen LogP contribution in [0.25, 0.3) is 0 Å². The smallest absolute Gasteiger partial charge is 0.0431 e. The third-order valence-corrected chi connectivity index (χ3v) is 4.13. The number of aliphatic hydroxyl groups excluding tert-OH is 1. The summed E-state index contributed by atoms with van der Waals surface area (Å²) < 4.78 is 0. The number of nitrogens with one attached hydrogen (secondary N) is 1. The number of nitrogens with zero attached hydrogens (tertiary/aromatic N) is 1. The van der Waals surface area contributed by atoms with Crippen LogP contribution in [0.1, 0.15) is 38.5 Å². The Morgan fingerprint density at radius 2 is 1.70 bits per heavy atom. The zero-order chi connectivity index (χ0) is 14.0. The topological polar surface area (TPSA) is 35.5 Å². The maximum absolute atomic E-state index is 8.73. The second-order valence-corrected chi connectivity index (χ2v) is 5.69. The van der Waals surface area contributed by atoms with Crippen molar-refractivity contribution in [3.05, 3.63) is 30.3 Å². The maximum Gasteiger partial charge on any atom is 0.0431 e. The molecule has 0 spiro atoms. The molecular formula is C17H28N2O. The van der Waals surface area contributed by atoms with Crippen molar-refractivity contribution < 1.29 is 5.11 Å². The third kappa shape index (κ3) is 5.14. The fraction of sp³-hybridized carbons (Fsp3) is 0.647. The van der Waals surface area contributed by atoms with E-state index in [4.69, 9.17) is 5.11 Å². The number of hydrogen-bond acceptors (Lipinski definition) is 3. The number of unbranched alkanes of at least 4 members (excludes halogenated alkanes) is 3. The normalized spacial score (nSPS) is 16.6. The van der Waals surface area contributed by atoms with Gasteiger partial charge in [0, 0.05) is 31.4 Å². The molecule has 1 fully saturated rings. The number of aliphatic hydroxyl groups is 1. The highest BCUT2D eigenvalue weighted by Gasteiger charge is 2.18. The van der Waals surface area contributed by atoms with Crippen LogP contribution in [-0.2, 0) is 0 Å². The van der Waals surface area contributed by atoms with Gasteiger partial charge in [0.05, 0.1) is 0 Å². The number of benzene rings is 1. The molecule has 112 valence electrons. The summed E-state index contributed by atoms with van der Waals surface area (Å²) >= 11 is 0. The van der Waals surface area contributed by atoms with Gasteiger partial charge in [-0.3, -0.25) is 0 Å². The number of piperidine rings is 1. The molecule has 0 atom stereocenters. The van der Waals surface area contributed by atoms with E-state index in [1.807, 2.05) is 0 Å². The first-order valence-corrected chi connectivity index (χ1v) is 8.04. The van der Waals surface area contributed by atoms with Crippen molar-refractivity contribution in [2.75, 3.05) is 31.1 Å². The Kier molecular flexibility index (Phi) is 6.89. The van der Waals surface area contributed by atoms with Gasteiger partial charge < -0.3 is 15.3 Å². The van der Waals surface area contributed by atoms with Crippen molar-refractivity contribution in [2.45, 2.75) is 44.6 Å². The molecule has 1 heterocycles. The third-order valence-electron chi connectivity index (χ3n) is 4.13. The predicted molar refractivity (Wildman–Crippen MR) is 85.2 cm³/mol. The van der Waals surface area contributed by atoms with Crippen LogP contribution in [0, 0.1) is 0 Å². The van der Waals surface area contributed by atoms with Gasteiger partial charge in [0.1, 0.15) is 0 Å². The highest BCUT2D eigenvalue weighted by atomic mass is 16.2. The van der Waals surface area contributed by atoms with E-state index >= 15 is 0 Å². The molecule has 0 saturated carbocycles. The first-order chi connectivity index (χ1) is 9.90. The summed E-state index contributed by atoms with van der Waals surface area (Å²) in [5.74, 6) is 0. The van der Waals surface area contributed by atoms with Crippen LogP contribution in [-0.4, -0.2) is 37.4 Å². The van der Waals surface area contributed by atoms with Gasteiger partial charge in [-0.25, -0.2) is 0 Å². The summed E-state index contributed by atoms with van der Waals surface area (Å²) in [6.07, 6.45) is 7.06. The lowest BCUT2D eigenvalue weighted by Gasteiger charge is -2.34. The summed E-state index contributed by atoms with van der Waals surface area (Å²) in [6.45, 7) is 3.78. The van der Waals surface area contributed by atoms with Crippen LogP contribution in [0.3, 0.4) is 0 Å². The molecule has 1 saturated heterocycles. The van der Waals surface area contributed by atoms with E-state index in [-0.39, 0.29) is 0 Å². The maximum atomic E-state index is 8.73. The van der Waals surface area contributed by atoms with Crippen molar-refractivity contribution in [2.24, 2.45) is 0 Å². The van der Waals surface area contributed by atoms with Crippen molar-refractivity contribution in [1.29, 1.82) is 0 Å². The first kappa shape index (κ1) is 15.3. The highest BCUT2D eigenvalue weighted by Crippen LogP contribution is 2.19. The fourth-order valence-corrected chi connectivity index (χ4v) is 2.88. The molecule has 20 heavy (non-hydrogen) atoms. The van der Waals surface area contributed by atoms with Gasteiger partial charge in [0.2, 0.25) is 0 Å². The van der Waals surface area contributed by atoms with E-state index in [1.54, 1.807) is 0 Å². The highest BCUT2D eigenvalue weighted by molar-refractivity contribution is 5.46. The van der Waals surface area contributed by atoms with E-state index in [0.717, 1.165) is 32.5 Å². The Balaban J connectivity index is 1.58. The zero-order valence-electron chi connectivity index (χ0n) is 12.4. The lowest BCUT2D eigenvalue weighted by Crippen LogP contribution is -2.42. The number of para-hydroxylation sites is 1. The van der Waals surface area contributed by atoms with E-state index in [2.05, 4.69) is 40.5 Å². The van der Waals surface area contributed by atoms with Gasteiger partial charge >= 0.3 is 0 Å². The molecule has 3 heteroatoms. The monoisotopic (exact) mass is 276 g/mol. The van der Waals surface area contributed by atoms with Gasteiger partial charge in [-0.05, 0) is 44.4 Å². The molecule has 1 aliphatic rings. The molecule has 0 aromatic heterocycles. The molecule has 0 aliphatic carbocycles. The lowest BCUT2D eigenvalue weighted by atomic mass is 10.0. The minimum Gasteiger partial charge on any atom is -0.396 e. The quantitative estimate of drug-likeness (QED) is 0.717. The summed E-state index contributed by atoms with van der Waals surface area (Å²) in [5, 5.41) is 12.4. The molecule has 1 aliphatic heterocycles. The molecule has 0 unspecified atom stereocenters. The van der Waals surface area contributed by atoms with Gasteiger partial charge in [-0.15, -0.1) is 0 Å². The predicted octanol–water partition coefficient (Wildman–Crippen LogP) is 2.80. The molecule has 0 amide bonds. The molecule has 1 aromatic rings. The van der Waals surface area contributed by atoms with E-state index in [0.29, 0.717) is 12.6 Å². The Morgan fingerprint density at radius 3 is 2.40 bits per heavy atom. The van der Waals surface area contributed by atoms with Gasteiger partial charge in [-0.2, -0.15) is 0 Å². The standard InChI is InChI=1S/C17H28N2O/c20-15-7-2-1-6-12-18-16-10-13-19(14-11-16)17-8-4-3-5-9-17/h3-5,8-9,16,18,20H,1-2,6-7,10-15H2. The Labute approximate surface area is 123 Å². The minimum absolute atomic E-state index is 0.339. The lowest BCUT2D eigenvalue weighted by molar-refractivity contribution is 0.282. The van der Waals surface area contributed by atoms with E-state index in [9.17, 15) is 0 Å². The van der Waals surface area contributed by atoms with Crippen molar-refractivity contribution in [1.82, 2.24) is 5.32 Å². The van der Waals surface area contributed by atoms with Crippen LogP contribution in [0.4, 0.5) is 5.69 Å². The van der Waals surface area contributed by atoms with Crippen molar-refractivity contribution >= 4 is 5.69 Å². The molecule has 3 nitrogen and oxygen atoms in total. The van der Waals surface area contributed by atoms with E-state index in [1.165, 1.54) is 31.4 Å². The summed E-state index contributed by atoms with van der Waals surface area (Å²) in [7, 11) is 0. The number of anilines is 1. The second kappa shape index (κ2) is 8.98. The van der Waals surface area contributed by atoms with Gasteiger partial charge in [0.15, 0.2) is 0 Å². The van der Waals surface area contributed by atoms with Gasteiger partial charge in [0.25, 0.3) is 0 Å². The fourth-order valence-electron chi connectivity index (χ4n) is 2.88. The zero-order valence-corrected chi connectivity index (χ0v) is 12.4. The molecule has 2 rings (SSSR count). The number of hydrogen-bond donors (Lipinski definition) is 2. The average molecular weight is 276 g/mol. The average Bonchev–Trinajstić information content (AvgIpc) is 2.52. The summed E-state index contributed by atoms with van der Waals surface area (Å²) in [4.78, 5) is 2.49. The SMILES string of the molecule is OCCCCCCNC1CCN(c2ccccc2)CC1. The number of rotatable bonds is 8. The van der Waals surface area contributed by atoms with Crippen LogP contribution < -0.4 is 10.2 Å². The summed E-state index contributed by atoms with van der Waals surface area (Å²) in [6, 6.07) is 11.4. The summed E-state index contributed by atoms with van der Waals surface area (Å²) in [5.41, 5.74) is 1.36. The Hall–Kier alpha value is -1.06.